The molecular weight excluding hydrogens is 277 g/mol. The van der Waals surface area contributed by atoms with Crippen LogP contribution in [0.4, 0.5) is 0 Å². The van der Waals surface area contributed by atoms with Crippen LogP contribution in [0.5, 0.6) is 5.88 Å². The molecule has 1 saturated heterocycles. The lowest BCUT2D eigenvalue weighted by Crippen LogP contribution is -2.36. The van der Waals surface area contributed by atoms with E-state index in [9.17, 15) is 0 Å². The van der Waals surface area contributed by atoms with E-state index in [0.29, 0.717) is 12.5 Å². The number of ether oxygens (including phenoxy) is 1. The van der Waals surface area contributed by atoms with Gasteiger partial charge in [0.25, 0.3) is 0 Å². The second kappa shape index (κ2) is 6.11. The molecule has 5 heteroatoms. The molecule has 114 valence electrons. The van der Waals surface area contributed by atoms with Crippen molar-refractivity contribution in [1.29, 1.82) is 0 Å². The van der Waals surface area contributed by atoms with Gasteiger partial charge in [0.05, 0.1) is 11.7 Å². The van der Waals surface area contributed by atoms with Crippen molar-refractivity contribution in [2.45, 2.75) is 39.1 Å². The molecule has 3 rings (SSSR count). The molecule has 0 saturated carbocycles. The molecule has 2 heterocycles. The minimum Gasteiger partial charge on any atom is -0.473 e. The number of hydrogen-bond donors (Lipinski definition) is 0. The van der Waals surface area contributed by atoms with E-state index >= 15 is 0 Å². The Morgan fingerprint density at radius 2 is 1.95 bits per heavy atom. The largest absolute Gasteiger partial charge is 0.500 e. The van der Waals surface area contributed by atoms with Crippen LogP contribution in [0.2, 0.25) is 0 Å². The molecule has 0 spiro atoms. The van der Waals surface area contributed by atoms with E-state index in [-0.39, 0.29) is 11.7 Å². The van der Waals surface area contributed by atoms with Crippen LogP contribution in [0.1, 0.15) is 26.3 Å². The summed E-state index contributed by atoms with van der Waals surface area (Å²) in [6, 6.07) is 13.8. The van der Waals surface area contributed by atoms with Gasteiger partial charge in [-0.05, 0) is 32.4 Å². The minimum absolute atomic E-state index is 0.0136. The van der Waals surface area contributed by atoms with E-state index in [1.807, 2.05) is 63.2 Å². The molecule has 1 unspecified atom stereocenters. The number of pyridine rings is 1. The quantitative estimate of drug-likeness (QED) is 0.813. The van der Waals surface area contributed by atoms with Crippen LogP contribution < -0.4 is 10.2 Å². The first-order valence-electron chi connectivity index (χ1n) is 7.51. The fraction of sp³-hybridized carbons (Fsp3) is 0.353. The van der Waals surface area contributed by atoms with Crippen LogP contribution in [0.25, 0.3) is 0 Å². The minimum atomic E-state index is -0.440. The maximum atomic E-state index is 6.00. The number of nitrogens with zero attached hydrogens (tertiary/aromatic N) is 1. The lowest BCUT2D eigenvalue weighted by molar-refractivity contribution is 0.0842. The van der Waals surface area contributed by atoms with E-state index in [1.165, 1.54) is 0 Å². The Bertz CT molecular complexity index is 633. The lowest BCUT2D eigenvalue weighted by Gasteiger charge is -2.21. The van der Waals surface area contributed by atoms with E-state index in [2.05, 4.69) is 4.98 Å². The van der Waals surface area contributed by atoms with Gasteiger partial charge in [-0.3, -0.25) is 0 Å². The molecule has 0 amide bonds. The Kier molecular flexibility index (Phi) is 4.18. The fourth-order valence-electron chi connectivity index (χ4n) is 2.31. The van der Waals surface area contributed by atoms with Gasteiger partial charge in [-0.2, -0.15) is 0 Å². The third-order valence-corrected chi connectivity index (χ3v) is 3.99. The van der Waals surface area contributed by atoms with E-state index in [0.717, 1.165) is 11.0 Å². The zero-order valence-corrected chi connectivity index (χ0v) is 13.2. The summed E-state index contributed by atoms with van der Waals surface area (Å²) in [5.41, 5.74) is 1.61. The summed E-state index contributed by atoms with van der Waals surface area (Å²) in [4.78, 5) is 4.33. The highest BCUT2D eigenvalue weighted by Gasteiger charge is 2.45. The second-order valence-corrected chi connectivity index (χ2v) is 6.00. The van der Waals surface area contributed by atoms with E-state index in [1.54, 1.807) is 6.20 Å². The Balaban J connectivity index is 1.76. The van der Waals surface area contributed by atoms with Crippen LogP contribution in [-0.2, 0) is 15.9 Å². The average molecular weight is 297 g/mol. The molecule has 0 radical (unpaired) electrons. The van der Waals surface area contributed by atoms with Crippen molar-refractivity contribution in [3.63, 3.8) is 0 Å². The summed E-state index contributed by atoms with van der Waals surface area (Å²) < 4.78 is 17.8. The van der Waals surface area contributed by atoms with Crippen molar-refractivity contribution in [3.05, 3.63) is 54.2 Å². The van der Waals surface area contributed by atoms with Crippen LogP contribution in [0.15, 0.2) is 48.7 Å². The monoisotopic (exact) mass is 297 g/mol. The molecule has 0 N–H and O–H groups in total. The number of rotatable bonds is 4. The van der Waals surface area contributed by atoms with Gasteiger partial charge in [0.1, 0.15) is 6.61 Å². The Morgan fingerprint density at radius 1 is 1.18 bits per heavy atom. The molecule has 1 aromatic carbocycles. The molecule has 1 aliphatic rings. The van der Waals surface area contributed by atoms with Crippen molar-refractivity contribution < 1.29 is 14.0 Å². The van der Waals surface area contributed by atoms with Gasteiger partial charge < -0.3 is 14.0 Å². The maximum absolute atomic E-state index is 6.00. The van der Waals surface area contributed by atoms with Crippen LogP contribution in [-0.4, -0.2) is 23.8 Å². The summed E-state index contributed by atoms with van der Waals surface area (Å²) in [6.07, 6.45) is 1.73. The molecular formula is C17H20BNO3. The Hall–Kier alpha value is -1.85. The van der Waals surface area contributed by atoms with Gasteiger partial charge in [0.2, 0.25) is 5.88 Å². The SMILES string of the molecule is CC1OB(c2cccnc2OCc2ccccc2)OC1(C)C. The van der Waals surface area contributed by atoms with Crippen molar-refractivity contribution in [3.8, 4) is 5.88 Å². The van der Waals surface area contributed by atoms with Crippen molar-refractivity contribution in [1.82, 2.24) is 4.98 Å². The number of aromatic nitrogens is 1. The zero-order valence-electron chi connectivity index (χ0n) is 13.2. The summed E-state index contributed by atoms with van der Waals surface area (Å²) in [5, 5.41) is 0. The predicted octanol–water partition coefficient (Wildman–Crippen LogP) is 2.57. The fourth-order valence-corrected chi connectivity index (χ4v) is 2.31. The standard InChI is InChI=1S/C17H20BNO3/c1-13-17(2,3)22-18(21-13)15-10-7-11-19-16(15)20-12-14-8-5-4-6-9-14/h4-11,13H,12H2,1-3H3. The molecule has 2 aromatic rings. The van der Waals surface area contributed by atoms with Gasteiger partial charge in [-0.15, -0.1) is 0 Å². The highest BCUT2D eigenvalue weighted by Crippen LogP contribution is 2.27. The van der Waals surface area contributed by atoms with Gasteiger partial charge in [0.15, 0.2) is 0 Å². The Morgan fingerprint density at radius 3 is 2.64 bits per heavy atom. The van der Waals surface area contributed by atoms with Crippen molar-refractivity contribution in [2.75, 3.05) is 0 Å². The maximum Gasteiger partial charge on any atom is 0.500 e. The zero-order chi connectivity index (χ0) is 15.6. The van der Waals surface area contributed by atoms with Crippen LogP contribution in [0.3, 0.4) is 0 Å². The Labute approximate surface area is 131 Å². The average Bonchev–Trinajstić information content (AvgIpc) is 2.80. The first-order valence-corrected chi connectivity index (χ1v) is 7.51. The first kappa shape index (κ1) is 15.1. The molecule has 1 aromatic heterocycles. The van der Waals surface area contributed by atoms with Gasteiger partial charge in [0, 0.05) is 11.7 Å². The molecule has 22 heavy (non-hydrogen) atoms. The van der Waals surface area contributed by atoms with Crippen LogP contribution >= 0.6 is 0 Å². The molecule has 0 aliphatic carbocycles. The van der Waals surface area contributed by atoms with Crippen molar-refractivity contribution in [2.24, 2.45) is 0 Å². The lowest BCUT2D eigenvalue weighted by atomic mass is 9.80. The molecule has 4 nitrogen and oxygen atoms in total. The predicted molar refractivity (Wildman–Crippen MR) is 86.1 cm³/mol. The summed E-state index contributed by atoms with van der Waals surface area (Å²) in [7, 11) is -0.440. The number of hydrogen-bond acceptors (Lipinski definition) is 4. The van der Waals surface area contributed by atoms with Gasteiger partial charge in [-0.1, -0.05) is 36.4 Å². The third-order valence-electron chi connectivity index (χ3n) is 3.99. The normalized spacial score (nSPS) is 20.1. The first-order chi connectivity index (χ1) is 10.6. The highest BCUT2D eigenvalue weighted by molar-refractivity contribution is 6.62. The van der Waals surface area contributed by atoms with Crippen molar-refractivity contribution >= 4 is 12.6 Å². The smallest absolute Gasteiger partial charge is 0.473 e. The topological polar surface area (TPSA) is 40.6 Å². The summed E-state index contributed by atoms with van der Waals surface area (Å²) >= 11 is 0. The third kappa shape index (κ3) is 3.15. The highest BCUT2D eigenvalue weighted by atomic mass is 16.7. The number of benzene rings is 1. The van der Waals surface area contributed by atoms with E-state index < -0.39 is 7.12 Å². The van der Waals surface area contributed by atoms with E-state index in [4.69, 9.17) is 14.0 Å². The molecule has 1 fully saturated rings. The molecule has 1 atom stereocenters. The van der Waals surface area contributed by atoms with Crippen LogP contribution in [0, 0.1) is 0 Å². The second-order valence-electron chi connectivity index (χ2n) is 6.00. The summed E-state index contributed by atoms with van der Waals surface area (Å²) in [5.74, 6) is 0.557. The molecule has 0 bridgehead atoms. The van der Waals surface area contributed by atoms with Gasteiger partial charge >= 0.3 is 7.12 Å². The molecule has 1 aliphatic heterocycles. The summed E-state index contributed by atoms with van der Waals surface area (Å²) in [6.45, 7) is 6.54. The van der Waals surface area contributed by atoms with Gasteiger partial charge in [-0.25, -0.2) is 4.98 Å².